The summed E-state index contributed by atoms with van der Waals surface area (Å²) in [7, 11) is 0. The third-order valence-corrected chi connectivity index (χ3v) is 1.75. The molecular weight excluding hydrogens is 269 g/mol. The molecule has 0 aromatic rings. The molecule has 2 atom stereocenters. The summed E-state index contributed by atoms with van der Waals surface area (Å²) < 4.78 is 0. The van der Waals surface area contributed by atoms with E-state index >= 15 is 0 Å². The normalized spacial score (nSPS) is 14.0. The molecule has 0 saturated heterocycles. The molecule has 0 N–H and O–H groups in total. The Kier molecular flexibility index (Phi) is 17.7. The molecule has 0 fully saturated rings. The number of hydrogen-bond acceptors (Lipinski definition) is 0. The summed E-state index contributed by atoms with van der Waals surface area (Å²) in [6.07, 6.45) is 2.50. The molecule has 0 amide bonds. The van der Waals surface area contributed by atoms with Gasteiger partial charge in [-0.15, -0.1) is 0 Å². The van der Waals surface area contributed by atoms with Crippen molar-refractivity contribution >= 4 is 0 Å². The minimum atomic E-state index is 0. The Balaban J connectivity index is -0.000000180. The van der Waals surface area contributed by atoms with Crippen LogP contribution in [0.3, 0.4) is 0 Å². The van der Waals surface area contributed by atoms with Crippen molar-refractivity contribution in [2.45, 2.75) is 54.4 Å². The molecule has 0 aromatic heterocycles. The molecule has 1 heteroatoms. The van der Waals surface area contributed by atoms with Crippen molar-refractivity contribution < 1.29 is 19.5 Å². The standard InChI is InChI=1S/2C7H15.Ru/c2*1-6(2)5-7(3)4;/h2*6-7H,1,5H2,2-4H3;/q2*-1;+2. The van der Waals surface area contributed by atoms with Crippen LogP contribution in [0.25, 0.3) is 0 Å². The van der Waals surface area contributed by atoms with Crippen molar-refractivity contribution in [3.05, 3.63) is 13.8 Å². The van der Waals surface area contributed by atoms with Crippen LogP contribution in [0.1, 0.15) is 54.4 Å². The zero-order chi connectivity index (χ0) is 11.7. The summed E-state index contributed by atoms with van der Waals surface area (Å²) in [6, 6.07) is 0. The van der Waals surface area contributed by atoms with E-state index in [-0.39, 0.29) is 19.5 Å². The molecule has 0 spiro atoms. The van der Waals surface area contributed by atoms with E-state index in [1.165, 1.54) is 12.8 Å². The third-order valence-electron chi connectivity index (χ3n) is 1.75. The van der Waals surface area contributed by atoms with Gasteiger partial charge in [-0.25, -0.2) is 0 Å². The van der Waals surface area contributed by atoms with Gasteiger partial charge in [0.15, 0.2) is 0 Å². The second kappa shape index (κ2) is 12.7. The average Bonchev–Trinajstić information content (AvgIpc) is 1.79. The Morgan fingerprint density at radius 2 is 0.867 bits per heavy atom. The van der Waals surface area contributed by atoms with Gasteiger partial charge in [0.25, 0.3) is 0 Å². The fraction of sp³-hybridized carbons (Fsp3) is 0.857. The molecule has 0 bridgehead atoms. The monoisotopic (exact) mass is 300 g/mol. The van der Waals surface area contributed by atoms with Gasteiger partial charge in [-0.3, -0.25) is 0 Å². The van der Waals surface area contributed by atoms with E-state index in [1.54, 1.807) is 0 Å². The summed E-state index contributed by atoms with van der Waals surface area (Å²) in [5.41, 5.74) is 0. The first-order valence-electron chi connectivity index (χ1n) is 5.91. The van der Waals surface area contributed by atoms with Gasteiger partial charge in [-0.2, -0.15) is 11.8 Å². The minimum absolute atomic E-state index is 0. The molecule has 15 heavy (non-hydrogen) atoms. The van der Waals surface area contributed by atoms with E-state index in [0.717, 1.165) is 11.8 Å². The van der Waals surface area contributed by atoms with Crippen LogP contribution in [0.5, 0.6) is 0 Å². The molecule has 0 heterocycles. The van der Waals surface area contributed by atoms with Gasteiger partial charge < -0.3 is 13.8 Å². The summed E-state index contributed by atoms with van der Waals surface area (Å²) in [4.78, 5) is 0. The van der Waals surface area contributed by atoms with Gasteiger partial charge in [-0.1, -0.05) is 54.4 Å². The molecule has 0 nitrogen and oxygen atoms in total. The number of hydrogen-bond donors (Lipinski definition) is 0. The minimum Gasteiger partial charge on any atom is -0.341 e. The molecule has 0 rings (SSSR count). The third kappa shape index (κ3) is 31.3. The fourth-order valence-electron chi connectivity index (χ4n) is 1.61. The Morgan fingerprint density at radius 3 is 0.867 bits per heavy atom. The Labute approximate surface area is 111 Å². The SMILES string of the molecule is [CH2-]C(C)CC(C)C.[CH2-]C(C)CC(C)C.[Ru+2]. The first-order chi connectivity index (χ1) is 6.25. The number of rotatable bonds is 4. The average molecular weight is 299 g/mol. The first-order valence-corrected chi connectivity index (χ1v) is 5.91. The van der Waals surface area contributed by atoms with Gasteiger partial charge >= 0.3 is 19.5 Å². The van der Waals surface area contributed by atoms with Crippen LogP contribution in [-0.2, 0) is 19.5 Å². The van der Waals surface area contributed by atoms with E-state index in [4.69, 9.17) is 0 Å². The van der Waals surface area contributed by atoms with Crippen molar-refractivity contribution in [2.75, 3.05) is 0 Å². The van der Waals surface area contributed by atoms with E-state index in [0.29, 0.717) is 11.8 Å². The first kappa shape index (κ1) is 21.0. The van der Waals surface area contributed by atoms with Crippen LogP contribution < -0.4 is 0 Å². The van der Waals surface area contributed by atoms with Crippen molar-refractivity contribution in [1.82, 2.24) is 0 Å². The predicted molar refractivity (Wildman–Crippen MR) is 68.0 cm³/mol. The smallest absolute Gasteiger partial charge is 0.341 e. The zero-order valence-electron chi connectivity index (χ0n) is 11.5. The van der Waals surface area contributed by atoms with Crippen LogP contribution in [0.2, 0.25) is 0 Å². The summed E-state index contributed by atoms with van der Waals surface area (Å²) >= 11 is 0. The van der Waals surface area contributed by atoms with Gasteiger partial charge in [0, 0.05) is 0 Å². The van der Waals surface area contributed by atoms with E-state index in [9.17, 15) is 0 Å². The van der Waals surface area contributed by atoms with Crippen molar-refractivity contribution in [1.29, 1.82) is 0 Å². The van der Waals surface area contributed by atoms with Crippen LogP contribution >= 0.6 is 0 Å². The molecule has 0 aliphatic rings. The Bertz CT molecular complexity index is 77.9. The Morgan fingerprint density at radius 1 is 0.667 bits per heavy atom. The summed E-state index contributed by atoms with van der Waals surface area (Å²) in [5, 5.41) is 0. The molecule has 0 aliphatic heterocycles. The maximum absolute atomic E-state index is 3.88. The van der Waals surface area contributed by atoms with Crippen LogP contribution in [0, 0.1) is 37.5 Å². The van der Waals surface area contributed by atoms with Gasteiger partial charge in [-0.05, 0) is 11.8 Å². The second-order valence-corrected chi connectivity index (χ2v) is 5.47. The van der Waals surface area contributed by atoms with Crippen LogP contribution in [-0.4, -0.2) is 0 Å². The maximum atomic E-state index is 3.88. The largest absolute Gasteiger partial charge is 2.00 e. The molecular formula is C14H30Ru. The van der Waals surface area contributed by atoms with Crippen LogP contribution in [0.15, 0.2) is 0 Å². The van der Waals surface area contributed by atoms with Gasteiger partial charge in [0.05, 0.1) is 0 Å². The predicted octanol–water partition coefficient (Wildman–Crippen LogP) is 5.00. The Hall–Kier alpha value is 0.623. The zero-order valence-corrected chi connectivity index (χ0v) is 13.2. The van der Waals surface area contributed by atoms with E-state index in [1.807, 2.05) is 0 Å². The van der Waals surface area contributed by atoms with Crippen molar-refractivity contribution in [3.63, 3.8) is 0 Å². The van der Waals surface area contributed by atoms with Gasteiger partial charge in [0.1, 0.15) is 0 Å². The molecule has 0 aliphatic carbocycles. The summed E-state index contributed by atoms with van der Waals surface area (Å²) in [5.74, 6) is 2.88. The van der Waals surface area contributed by atoms with Crippen LogP contribution in [0.4, 0.5) is 0 Å². The van der Waals surface area contributed by atoms with Gasteiger partial charge in [0.2, 0.25) is 0 Å². The van der Waals surface area contributed by atoms with E-state index in [2.05, 4.69) is 55.4 Å². The molecule has 0 radical (unpaired) electrons. The topological polar surface area (TPSA) is 0 Å². The molecule has 0 aromatic carbocycles. The summed E-state index contributed by atoms with van der Waals surface area (Å²) in [6.45, 7) is 21.0. The molecule has 0 saturated carbocycles. The molecule has 2 unspecified atom stereocenters. The maximum Gasteiger partial charge on any atom is 2.00 e. The van der Waals surface area contributed by atoms with E-state index < -0.39 is 0 Å². The quantitative estimate of drug-likeness (QED) is 0.506. The fourth-order valence-corrected chi connectivity index (χ4v) is 1.61. The molecule has 94 valence electrons. The second-order valence-electron chi connectivity index (χ2n) is 5.47. The van der Waals surface area contributed by atoms with Crippen molar-refractivity contribution in [2.24, 2.45) is 23.7 Å². The van der Waals surface area contributed by atoms with Crippen molar-refractivity contribution in [3.8, 4) is 0 Å².